The Hall–Kier alpha value is -4.46. The third-order valence-corrected chi connectivity index (χ3v) is 7.02. The molecule has 0 bridgehead atoms. The van der Waals surface area contributed by atoms with Gasteiger partial charge in [0.1, 0.15) is 17.5 Å². The van der Waals surface area contributed by atoms with Crippen molar-refractivity contribution in [1.29, 1.82) is 5.26 Å². The van der Waals surface area contributed by atoms with E-state index < -0.39 is 12.0 Å². The van der Waals surface area contributed by atoms with Crippen LogP contribution in [0.4, 0.5) is 21.5 Å². The maximum Gasteiger partial charge on any atom is 0.212 e. The molecule has 0 radical (unpaired) electrons. The third-order valence-electron chi connectivity index (χ3n) is 6.44. The summed E-state index contributed by atoms with van der Waals surface area (Å²) < 4.78 is 30.2. The van der Waals surface area contributed by atoms with Crippen LogP contribution in [0.2, 0.25) is 10.0 Å². The monoisotopic (exact) mass is 575 g/mol. The summed E-state index contributed by atoms with van der Waals surface area (Å²) >= 11 is 13.0. The zero-order valence-electron chi connectivity index (χ0n) is 22.0. The van der Waals surface area contributed by atoms with E-state index in [1.54, 1.807) is 41.2 Å². The number of benzene rings is 2. The number of pyridine rings is 2. The van der Waals surface area contributed by atoms with E-state index in [-0.39, 0.29) is 16.6 Å². The van der Waals surface area contributed by atoms with Gasteiger partial charge in [-0.25, -0.2) is 9.67 Å². The Morgan fingerprint density at radius 2 is 1.95 bits per heavy atom. The molecule has 3 aromatic heterocycles. The molecule has 1 atom stereocenters. The molecule has 1 saturated carbocycles. The molecule has 1 fully saturated rings. The molecule has 9 nitrogen and oxygen atoms in total. The first-order valence-corrected chi connectivity index (χ1v) is 13.0. The fraction of sp³-hybridized carbons (Fsp3) is 0.179. The van der Waals surface area contributed by atoms with Gasteiger partial charge >= 0.3 is 0 Å². The summed E-state index contributed by atoms with van der Waals surface area (Å²) in [5.41, 5.74) is 2.83. The van der Waals surface area contributed by atoms with E-state index in [0.717, 1.165) is 12.8 Å². The second-order valence-electron chi connectivity index (χ2n) is 9.17. The van der Waals surface area contributed by atoms with Gasteiger partial charge in [-0.15, -0.1) is 5.10 Å². The zero-order valence-corrected chi connectivity index (χ0v) is 22.5. The quantitative estimate of drug-likeness (QED) is 0.193. The lowest BCUT2D eigenvalue weighted by Crippen LogP contribution is -2.14. The third kappa shape index (κ3) is 5.09. The molecule has 0 unspecified atom stereocenters. The van der Waals surface area contributed by atoms with Gasteiger partial charge in [-0.05, 0) is 54.8 Å². The molecular formula is C28H21Cl2FN8O. The highest BCUT2D eigenvalue weighted by molar-refractivity contribution is 6.36. The van der Waals surface area contributed by atoms with Crippen LogP contribution in [-0.2, 0) is 0 Å². The smallest absolute Gasteiger partial charge is 0.212 e. The van der Waals surface area contributed by atoms with Crippen molar-refractivity contribution in [1.82, 2.24) is 25.0 Å². The Labute approximate surface area is 239 Å². The summed E-state index contributed by atoms with van der Waals surface area (Å²) in [6, 6.07) is 11.9. The van der Waals surface area contributed by atoms with Crippen LogP contribution in [0.25, 0.3) is 10.9 Å². The number of aromatic nitrogens is 5. The van der Waals surface area contributed by atoms with Crippen molar-refractivity contribution >= 4 is 51.2 Å². The standard InChI is InChI=1S/C28H21Cl2FN8O/c1-40-24-6-3-17(9-21(24)29)35-26-16(11-32)13-34-28-20(26)8-18(10-22(28)30)36-27(15-2-7-25(31)33-12-15)23-14-39(38-37-23)19-4-5-19/h2-3,6-10,12-14,19,27,36H,4-5H2,1H3,(H,34,35)/t27-/m0/s1/i27D. The van der Waals surface area contributed by atoms with Gasteiger partial charge in [-0.3, -0.25) is 4.98 Å². The van der Waals surface area contributed by atoms with E-state index in [0.29, 0.717) is 50.0 Å². The van der Waals surface area contributed by atoms with Gasteiger partial charge in [-0.2, -0.15) is 9.65 Å². The Kier molecular flexibility index (Phi) is 6.51. The number of rotatable bonds is 8. The van der Waals surface area contributed by atoms with E-state index in [1.807, 2.05) is 0 Å². The molecule has 0 spiro atoms. The first-order chi connectivity index (χ1) is 19.8. The highest BCUT2D eigenvalue weighted by Gasteiger charge is 2.27. The zero-order chi connectivity index (χ0) is 28.7. The summed E-state index contributed by atoms with van der Waals surface area (Å²) in [5.74, 6) is -0.163. The topological polar surface area (TPSA) is 114 Å². The molecule has 2 N–H and O–H groups in total. The highest BCUT2D eigenvalue weighted by Crippen LogP contribution is 2.38. The van der Waals surface area contributed by atoms with Gasteiger partial charge in [0.25, 0.3) is 0 Å². The number of nitrogens with zero attached hydrogens (tertiary/aromatic N) is 6. The van der Waals surface area contributed by atoms with Crippen molar-refractivity contribution in [3.05, 3.63) is 93.9 Å². The Morgan fingerprint density at radius 3 is 2.65 bits per heavy atom. The molecule has 1 aliphatic carbocycles. The van der Waals surface area contributed by atoms with Gasteiger partial charge in [0, 0.05) is 29.2 Å². The van der Waals surface area contributed by atoms with Gasteiger partial charge in [0.2, 0.25) is 5.95 Å². The first kappa shape index (κ1) is 24.6. The van der Waals surface area contributed by atoms with E-state index >= 15 is 0 Å². The van der Waals surface area contributed by atoms with Crippen molar-refractivity contribution in [3.8, 4) is 11.8 Å². The molecule has 12 heteroatoms. The van der Waals surface area contributed by atoms with Crippen molar-refractivity contribution in [2.45, 2.75) is 24.9 Å². The average molecular weight is 576 g/mol. The largest absolute Gasteiger partial charge is 0.495 e. The van der Waals surface area contributed by atoms with Crippen LogP contribution >= 0.6 is 23.2 Å². The van der Waals surface area contributed by atoms with Crippen molar-refractivity contribution in [2.75, 3.05) is 17.7 Å². The van der Waals surface area contributed by atoms with Crippen molar-refractivity contribution < 1.29 is 10.5 Å². The molecule has 6 rings (SSSR count). The second kappa shape index (κ2) is 10.6. The van der Waals surface area contributed by atoms with Crippen LogP contribution in [-0.4, -0.2) is 32.1 Å². The molecular weight excluding hydrogens is 554 g/mol. The van der Waals surface area contributed by atoms with Crippen molar-refractivity contribution in [2.24, 2.45) is 0 Å². The van der Waals surface area contributed by atoms with Gasteiger partial charge < -0.3 is 15.4 Å². The van der Waals surface area contributed by atoms with E-state index in [1.165, 1.54) is 31.6 Å². The minimum Gasteiger partial charge on any atom is -0.495 e. The predicted octanol–water partition coefficient (Wildman–Crippen LogP) is 6.83. The number of hydrogen-bond acceptors (Lipinski definition) is 8. The predicted molar refractivity (Wildman–Crippen MR) is 151 cm³/mol. The minimum absolute atomic E-state index is 0.248. The molecule has 2 aromatic carbocycles. The Morgan fingerprint density at radius 1 is 1.12 bits per heavy atom. The highest BCUT2D eigenvalue weighted by atomic mass is 35.5. The molecule has 0 amide bonds. The maximum atomic E-state index is 13.7. The Balaban J connectivity index is 1.46. The lowest BCUT2D eigenvalue weighted by atomic mass is 10.0. The number of ether oxygens (including phenoxy) is 1. The molecule has 1 aliphatic rings. The molecule has 200 valence electrons. The van der Waals surface area contributed by atoms with Gasteiger partial charge in [-0.1, -0.05) is 34.5 Å². The fourth-order valence-electron chi connectivity index (χ4n) is 4.30. The Bertz CT molecular complexity index is 1820. The summed E-state index contributed by atoms with van der Waals surface area (Å²) in [6.07, 6.45) is 6.40. The lowest BCUT2D eigenvalue weighted by Gasteiger charge is -2.20. The van der Waals surface area contributed by atoms with Crippen LogP contribution < -0.4 is 15.4 Å². The molecule has 5 aromatic rings. The van der Waals surface area contributed by atoms with Crippen LogP contribution in [0.15, 0.2) is 61.1 Å². The maximum absolute atomic E-state index is 13.7. The second-order valence-corrected chi connectivity index (χ2v) is 9.99. The van der Waals surface area contributed by atoms with E-state index in [2.05, 4.69) is 37.0 Å². The first-order valence-electron chi connectivity index (χ1n) is 12.7. The van der Waals surface area contributed by atoms with Crippen molar-refractivity contribution in [3.63, 3.8) is 0 Å². The molecule has 3 heterocycles. The van der Waals surface area contributed by atoms with Crippen LogP contribution in [0.1, 0.15) is 43.1 Å². The normalized spacial score (nSPS) is 14.7. The molecule has 40 heavy (non-hydrogen) atoms. The SMILES string of the molecule is [2H][C@](Nc1cc(Cl)c2ncc(C#N)c(Nc3ccc(OC)c(Cl)c3)c2c1)(c1ccc(F)nc1)c1cn(C2CC2)nn1. The number of fused-ring (bicyclic) bond motifs is 1. The number of nitrogens with one attached hydrogen (secondary N) is 2. The summed E-state index contributed by atoms with van der Waals surface area (Å²) in [4.78, 5) is 8.15. The van der Waals surface area contributed by atoms with E-state index in [4.69, 9.17) is 27.9 Å². The number of halogens is 3. The number of methoxy groups -OCH3 is 1. The number of anilines is 3. The van der Waals surface area contributed by atoms with Crippen LogP contribution in [0.3, 0.4) is 0 Å². The summed E-state index contributed by atoms with van der Waals surface area (Å²) in [5, 5.41) is 26.0. The number of nitriles is 1. The molecule has 0 saturated heterocycles. The summed E-state index contributed by atoms with van der Waals surface area (Å²) in [6.45, 7) is 0. The van der Waals surface area contributed by atoms with Crippen LogP contribution in [0, 0.1) is 17.3 Å². The van der Waals surface area contributed by atoms with Gasteiger partial charge in [0.15, 0.2) is 0 Å². The van der Waals surface area contributed by atoms with Crippen LogP contribution in [0.5, 0.6) is 5.75 Å². The van der Waals surface area contributed by atoms with Gasteiger partial charge in [0.05, 0.1) is 53.5 Å². The number of hydrogen-bond donors (Lipinski definition) is 2. The van der Waals surface area contributed by atoms with E-state index in [9.17, 15) is 11.0 Å². The average Bonchev–Trinajstić information content (AvgIpc) is 3.69. The summed E-state index contributed by atoms with van der Waals surface area (Å²) in [7, 11) is 1.52. The minimum atomic E-state index is -1.71. The molecule has 0 aliphatic heterocycles. The lowest BCUT2D eigenvalue weighted by molar-refractivity contribution is 0.415. The fourth-order valence-corrected chi connectivity index (χ4v) is 4.83.